The van der Waals surface area contributed by atoms with Gasteiger partial charge in [0.05, 0.1) is 31.3 Å². The number of thiophene rings is 1. The minimum absolute atomic E-state index is 0.114. The number of morpholine rings is 1. The molecule has 2 saturated heterocycles. The van der Waals surface area contributed by atoms with Crippen molar-refractivity contribution >= 4 is 17.2 Å². The highest BCUT2D eigenvalue weighted by Gasteiger charge is 2.28. The van der Waals surface area contributed by atoms with E-state index in [-0.39, 0.29) is 5.91 Å². The Kier molecular flexibility index (Phi) is 5.09. The summed E-state index contributed by atoms with van der Waals surface area (Å²) in [4.78, 5) is 18.3. The van der Waals surface area contributed by atoms with Crippen molar-refractivity contribution in [1.29, 1.82) is 0 Å². The molecule has 134 valence electrons. The van der Waals surface area contributed by atoms with E-state index in [0.29, 0.717) is 6.04 Å². The van der Waals surface area contributed by atoms with Crippen LogP contribution in [0, 0.1) is 0 Å². The van der Waals surface area contributed by atoms with E-state index in [1.807, 2.05) is 16.3 Å². The molecule has 1 unspecified atom stereocenters. The van der Waals surface area contributed by atoms with Crippen LogP contribution in [0.1, 0.15) is 28.9 Å². The van der Waals surface area contributed by atoms with Crippen LogP contribution in [0.2, 0.25) is 0 Å². The molecule has 1 amide bonds. The van der Waals surface area contributed by atoms with Gasteiger partial charge in [-0.05, 0) is 30.7 Å². The highest BCUT2D eigenvalue weighted by atomic mass is 32.1. The van der Waals surface area contributed by atoms with Crippen molar-refractivity contribution in [3.63, 3.8) is 0 Å². The van der Waals surface area contributed by atoms with Crippen LogP contribution in [-0.2, 0) is 4.74 Å². The average Bonchev–Trinajstić information content (AvgIpc) is 3.28. The van der Waals surface area contributed by atoms with Gasteiger partial charge in [-0.15, -0.1) is 16.4 Å². The largest absolute Gasteiger partial charge is 0.379 e. The van der Waals surface area contributed by atoms with E-state index in [9.17, 15) is 4.79 Å². The average molecular weight is 361 g/mol. The highest BCUT2D eigenvalue weighted by Crippen LogP contribution is 2.25. The molecule has 25 heavy (non-hydrogen) atoms. The quantitative estimate of drug-likeness (QED) is 0.832. The van der Waals surface area contributed by atoms with Crippen molar-refractivity contribution in [2.45, 2.75) is 25.3 Å². The number of likely N-dealkylation sites (tertiary alicyclic amines) is 1. The maximum absolute atomic E-state index is 13.1. The third kappa shape index (κ3) is 3.61. The van der Waals surface area contributed by atoms with Gasteiger partial charge in [0.25, 0.3) is 5.91 Å². The van der Waals surface area contributed by atoms with Crippen LogP contribution in [0.15, 0.2) is 23.8 Å². The number of amides is 1. The Labute approximate surface area is 151 Å². The number of ether oxygens (including phenoxy) is 1. The Morgan fingerprint density at radius 2 is 2.08 bits per heavy atom. The Morgan fingerprint density at radius 1 is 1.20 bits per heavy atom. The fourth-order valence-electron chi connectivity index (χ4n) is 3.71. The Hall–Kier alpha value is -1.77. The van der Waals surface area contributed by atoms with E-state index in [4.69, 9.17) is 4.74 Å². The molecule has 0 radical (unpaired) electrons. The molecule has 8 heteroatoms. The van der Waals surface area contributed by atoms with Crippen molar-refractivity contribution in [2.24, 2.45) is 0 Å². The van der Waals surface area contributed by atoms with Gasteiger partial charge in [-0.2, -0.15) is 0 Å². The van der Waals surface area contributed by atoms with Gasteiger partial charge in [-0.3, -0.25) is 9.69 Å². The van der Waals surface area contributed by atoms with E-state index in [0.717, 1.165) is 69.2 Å². The molecule has 4 heterocycles. The summed E-state index contributed by atoms with van der Waals surface area (Å²) in [5, 5.41) is 9.81. The van der Waals surface area contributed by atoms with Crippen LogP contribution in [0.25, 0.3) is 5.69 Å². The predicted octanol–water partition coefficient (Wildman–Crippen LogP) is 1.66. The molecule has 2 aliphatic heterocycles. The zero-order chi connectivity index (χ0) is 17.1. The molecule has 2 aliphatic rings. The molecule has 4 rings (SSSR count). The summed E-state index contributed by atoms with van der Waals surface area (Å²) < 4.78 is 7.13. The lowest BCUT2D eigenvalue weighted by Crippen LogP contribution is -2.44. The summed E-state index contributed by atoms with van der Waals surface area (Å²) in [5.74, 6) is 0.114. The molecule has 2 aromatic rings. The molecular weight excluding hydrogens is 338 g/mol. The van der Waals surface area contributed by atoms with Gasteiger partial charge < -0.3 is 9.64 Å². The highest BCUT2D eigenvalue weighted by molar-refractivity contribution is 7.12. The summed E-state index contributed by atoms with van der Waals surface area (Å²) >= 11 is 1.48. The van der Waals surface area contributed by atoms with E-state index < -0.39 is 0 Å². The SMILES string of the molecule is O=C(c1sccc1-n1ccnn1)N1CCCC(N2CCOCC2)CC1. The number of aromatic nitrogens is 3. The minimum atomic E-state index is 0.114. The standard InChI is InChI=1S/C17H23N5O2S/c23-17(16-15(4-13-25-16)22-8-5-18-19-22)21-6-1-2-14(3-7-21)20-9-11-24-12-10-20/h4-5,8,13-14H,1-3,6-7,9-12H2. The molecule has 7 nitrogen and oxygen atoms in total. The smallest absolute Gasteiger partial charge is 0.266 e. The number of hydrogen-bond donors (Lipinski definition) is 0. The predicted molar refractivity (Wildman–Crippen MR) is 95.2 cm³/mol. The van der Waals surface area contributed by atoms with Crippen molar-refractivity contribution in [2.75, 3.05) is 39.4 Å². The number of rotatable bonds is 3. The topological polar surface area (TPSA) is 63.5 Å². The summed E-state index contributed by atoms with van der Waals surface area (Å²) in [6.45, 7) is 5.33. The van der Waals surface area contributed by atoms with Crippen LogP contribution in [0.3, 0.4) is 0 Å². The molecule has 0 N–H and O–H groups in total. The number of nitrogens with zero attached hydrogens (tertiary/aromatic N) is 5. The summed E-state index contributed by atoms with van der Waals surface area (Å²) in [6, 6.07) is 2.50. The molecule has 0 bridgehead atoms. The summed E-state index contributed by atoms with van der Waals surface area (Å²) in [5.41, 5.74) is 0.821. The zero-order valence-corrected chi connectivity index (χ0v) is 15.0. The summed E-state index contributed by atoms with van der Waals surface area (Å²) in [7, 11) is 0. The minimum Gasteiger partial charge on any atom is -0.379 e. The Bertz CT molecular complexity index is 696. The fourth-order valence-corrected chi connectivity index (χ4v) is 4.56. The van der Waals surface area contributed by atoms with Crippen LogP contribution in [0.5, 0.6) is 0 Å². The lowest BCUT2D eigenvalue weighted by Gasteiger charge is -2.34. The van der Waals surface area contributed by atoms with Crippen LogP contribution in [-0.4, -0.2) is 76.1 Å². The van der Waals surface area contributed by atoms with E-state index >= 15 is 0 Å². The molecular formula is C17H23N5O2S. The third-order valence-corrected chi connectivity index (χ3v) is 5.95. The van der Waals surface area contributed by atoms with Crippen LogP contribution in [0.4, 0.5) is 0 Å². The maximum atomic E-state index is 13.1. The molecule has 0 spiro atoms. The normalized spacial score (nSPS) is 22.7. The Morgan fingerprint density at radius 3 is 2.88 bits per heavy atom. The van der Waals surface area contributed by atoms with Gasteiger partial charge in [0.15, 0.2) is 0 Å². The number of hydrogen-bond acceptors (Lipinski definition) is 6. The first kappa shape index (κ1) is 16.7. The molecule has 0 aliphatic carbocycles. The maximum Gasteiger partial charge on any atom is 0.266 e. The third-order valence-electron chi connectivity index (χ3n) is 5.05. The molecule has 1 atom stereocenters. The van der Waals surface area contributed by atoms with Crippen molar-refractivity contribution < 1.29 is 9.53 Å². The molecule has 0 aromatic carbocycles. The van der Waals surface area contributed by atoms with Crippen LogP contribution >= 0.6 is 11.3 Å². The first-order chi connectivity index (χ1) is 12.3. The number of carbonyl (C=O) groups excluding carboxylic acids is 1. The van der Waals surface area contributed by atoms with Gasteiger partial charge in [0, 0.05) is 32.2 Å². The second-order valence-corrected chi connectivity index (χ2v) is 7.42. The van der Waals surface area contributed by atoms with Crippen molar-refractivity contribution in [1.82, 2.24) is 24.8 Å². The van der Waals surface area contributed by atoms with Gasteiger partial charge in [0.1, 0.15) is 4.88 Å². The second-order valence-electron chi connectivity index (χ2n) is 6.51. The second kappa shape index (κ2) is 7.63. The fraction of sp³-hybridized carbons (Fsp3) is 0.588. The lowest BCUT2D eigenvalue weighted by molar-refractivity contribution is 0.0135. The first-order valence-corrected chi connectivity index (χ1v) is 9.76. The lowest BCUT2D eigenvalue weighted by atomic mass is 10.1. The molecule has 0 saturated carbocycles. The monoisotopic (exact) mass is 361 g/mol. The summed E-state index contributed by atoms with van der Waals surface area (Å²) in [6.07, 6.45) is 6.65. The Balaban J connectivity index is 1.44. The zero-order valence-electron chi connectivity index (χ0n) is 14.2. The number of carbonyl (C=O) groups is 1. The van der Waals surface area contributed by atoms with Gasteiger partial charge in [-0.25, -0.2) is 4.68 Å². The van der Waals surface area contributed by atoms with E-state index in [1.165, 1.54) is 11.3 Å². The van der Waals surface area contributed by atoms with E-state index in [2.05, 4.69) is 15.2 Å². The molecule has 2 aromatic heterocycles. The molecule has 2 fully saturated rings. The van der Waals surface area contributed by atoms with Crippen molar-refractivity contribution in [3.05, 3.63) is 28.7 Å². The van der Waals surface area contributed by atoms with Gasteiger partial charge >= 0.3 is 0 Å². The van der Waals surface area contributed by atoms with Gasteiger partial charge in [0.2, 0.25) is 0 Å². The van der Waals surface area contributed by atoms with E-state index in [1.54, 1.807) is 17.1 Å². The van der Waals surface area contributed by atoms with Crippen LogP contribution < -0.4 is 0 Å². The van der Waals surface area contributed by atoms with Gasteiger partial charge in [-0.1, -0.05) is 5.21 Å². The van der Waals surface area contributed by atoms with Crippen molar-refractivity contribution in [3.8, 4) is 5.69 Å². The first-order valence-electron chi connectivity index (χ1n) is 8.88.